The molecule has 0 aliphatic rings. The van der Waals surface area contributed by atoms with E-state index in [4.69, 9.17) is 15.7 Å². The van der Waals surface area contributed by atoms with Crippen LogP contribution in [0.15, 0.2) is 28.6 Å². The van der Waals surface area contributed by atoms with Crippen LogP contribution in [0.5, 0.6) is 0 Å². The number of azide groups is 1. The predicted molar refractivity (Wildman–Crippen MR) is 72.8 cm³/mol. The Balaban J connectivity index is 2.42. The molecule has 0 amide bonds. The first-order valence-electron chi connectivity index (χ1n) is 5.75. The third kappa shape index (κ3) is 2.69. The number of hydrogen-bond donors (Lipinski definition) is 1. The van der Waals surface area contributed by atoms with Crippen molar-refractivity contribution >= 4 is 23.5 Å². The molecule has 0 aliphatic carbocycles. The SMILES string of the molecule is [N-]=[N+]=NCCOC(=O)c1c(C=N)nc2c(N=O)cccn12. The minimum atomic E-state index is -0.739. The van der Waals surface area contributed by atoms with Crippen LogP contribution >= 0.6 is 0 Å². The molecule has 2 aromatic rings. The molecule has 10 heteroatoms. The standard InChI is InChI=1S/C11H9N7O3/c12-6-8-9(11(19)21-5-3-14-17-13)18-4-1-2-7(16-20)10(18)15-8/h1-2,4,6,12H,3,5H2. The molecule has 2 rings (SSSR count). The number of aromatic nitrogens is 2. The fourth-order valence-corrected chi connectivity index (χ4v) is 1.74. The molecule has 0 aliphatic heterocycles. The summed E-state index contributed by atoms with van der Waals surface area (Å²) in [7, 11) is 0. The maximum absolute atomic E-state index is 12.0. The van der Waals surface area contributed by atoms with Crippen LogP contribution < -0.4 is 0 Å². The van der Waals surface area contributed by atoms with Crippen molar-refractivity contribution < 1.29 is 9.53 Å². The van der Waals surface area contributed by atoms with Gasteiger partial charge in [-0.3, -0.25) is 4.40 Å². The van der Waals surface area contributed by atoms with Gasteiger partial charge in [-0.05, 0) is 22.8 Å². The zero-order valence-corrected chi connectivity index (χ0v) is 10.6. The van der Waals surface area contributed by atoms with E-state index in [1.165, 1.54) is 22.7 Å². The maximum Gasteiger partial charge on any atom is 0.357 e. The zero-order valence-electron chi connectivity index (χ0n) is 10.6. The highest BCUT2D eigenvalue weighted by atomic mass is 16.5. The number of nitrogens with zero attached hydrogens (tertiary/aromatic N) is 6. The monoisotopic (exact) mass is 287 g/mol. The van der Waals surface area contributed by atoms with Crippen molar-refractivity contribution in [2.24, 2.45) is 10.3 Å². The lowest BCUT2D eigenvalue weighted by atomic mass is 10.3. The van der Waals surface area contributed by atoms with Gasteiger partial charge in [0.2, 0.25) is 0 Å². The smallest absolute Gasteiger partial charge is 0.357 e. The van der Waals surface area contributed by atoms with Gasteiger partial charge in [0, 0.05) is 17.3 Å². The fourth-order valence-electron chi connectivity index (χ4n) is 1.74. The predicted octanol–water partition coefficient (Wildman–Crippen LogP) is 2.20. The fraction of sp³-hybridized carbons (Fsp3) is 0.182. The lowest BCUT2D eigenvalue weighted by Gasteiger charge is -2.03. The zero-order chi connectivity index (χ0) is 15.2. The number of carbonyl (C=O) groups is 1. The van der Waals surface area contributed by atoms with E-state index in [-0.39, 0.29) is 35.9 Å². The number of ether oxygens (including phenoxy) is 1. The minimum absolute atomic E-state index is 0.0000420. The van der Waals surface area contributed by atoms with Crippen LogP contribution in [0.25, 0.3) is 16.1 Å². The van der Waals surface area contributed by atoms with Crippen molar-refractivity contribution in [2.45, 2.75) is 0 Å². The van der Waals surface area contributed by atoms with E-state index in [9.17, 15) is 9.70 Å². The number of pyridine rings is 1. The van der Waals surface area contributed by atoms with E-state index < -0.39 is 5.97 Å². The topological polar surface area (TPSA) is 146 Å². The molecular formula is C11H9N7O3. The van der Waals surface area contributed by atoms with E-state index >= 15 is 0 Å². The van der Waals surface area contributed by atoms with Crippen molar-refractivity contribution in [1.82, 2.24) is 9.38 Å². The van der Waals surface area contributed by atoms with Crippen LogP contribution in [0.3, 0.4) is 0 Å². The Morgan fingerprint density at radius 1 is 1.62 bits per heavy atom. The number of rotatable bonds is 6. The number of nitroso groups, excluding NO2 is 1. The molecule has 0 spiro atoms. The quantitative estimate of drug-likeness (QED) is 0.165. The Morgan fingerprint density at radius 2 is 2.43 bits per heavy atom. The summed E-state index contributed by atoms with van der Waals surface area (Å²) in [6, 6.07) is 2.97. The average molecular weight is 287 g/mol. The molecule has 0 radical (unpaired) electrons. The molecule has 2 heterocycles. The normalized spacial score (nSPS) is 9.90. The van der Waals surface area contributed by atoms with Crippen LogP contribution in [0.4, 0.5) is 5.69 Å². The number of nitrogens with one attached hydrogen (secondary N) is 1. The van der Waals surface area contributed by atoms with Gasteiger partial charge < -0.3 is 10.1 Å². The molecule has 0 atom stereocenters. The van der Waals surface area contributed by atoms with Gasteiger partial charge in [0.1, 0.15) is 5.69 Å². The van der Waals surface area contributed by atoms with Crippen LogP contribution in [-0.4, -0.2) is 34.7 Å². The van der Waals surface area contributed by atoms with E-state index in [0.29, 0.717) is 0 Å². The Labute approximate surface area is 117 Å². The van der Waals surface area contributed by atoms with Gasteiger partial charge >= 0.3 is 5.97 Å². The summed E-state index contributed by atoms with van der Waals surface area (Å²) in [6.07, 6.45) is 2.39. The van der Waals surface area contributed by atoms with E-state index in [0.717, 1.165) is 6.21 Å². The Morgan fingerprint density at radius 3 is 3.10 bits per heavy atom. The van der Waals surface area contributed by atoms with Gasteiger partial charge in [0.05, 0.1) is 13.2 Å². The molecular weight excluding hydrogens is 278 g/mol. The van der Waals surface area contributed by atoms with Crippen LogP contribution in [-0.2, 0) is 4.74 Å². The number of fused-ring (bicyclic) bond motifs is 1. The molecule has 106 valence electrons. The summed E-state index contributed by atoms with van der Waals surface area (Å²) in [5.74, 6) is -0.739. The molecule has 0 aromatic carbocycles. The molecule has 21 heavy (non-hydrogen) atoms. The number of carbonyl (C=O) groups excluding carboxylic acids is 1. The molecule has 0 saturated heterocycles. The number of imidazole rings is 1. The lowest BCUT2D eigenvalue weighted by molar-refractivity contribution is 0.0508. The highest BCUT2D eigenvalue weighted by Gasteiger charge is 2.21. The van der Waals surface area contributed by atoms with Gasteiger partial charge in [-0.1, -0.05) is 5.11 Å². The summed E-state index contributed by atoms with van der Waals surface area (Å²) in [4.78, 5) is 29.3. The highest BCUT2D eigenvalue weighted by Crippen LogP contribution is 2.22. The van der Waals surface area contributed by atoms with Crippen molar-refractivity contribution in [1.29, 1.82) is 5.41 Å². The maximum atomic E-state index is 12.0. The first kappa shape index (κ1) is 14.2. The van der Waals surface area contributed by atoms with Crippen molar-refractivity contribution in [3.63, 3.8) is 0 Å². The second-order valence-corrected chi connectivity index (χ2v) is 3.76. The summed E-state index contributed by atoms with van der Waals surface area (Å²) in [5, 5.41) is 13.4. The van der Waals surface area contributed by atoms with Crippen LogP contribution in [0.2, 0.25) is 0 Å². The first-order valence-corrected chi connectivity index (χ1v) is 5.75. The molecule has 0 saturated carbocycles. The van der Waals surface area contributed by atoms with Gasteiger partial charge in [-0.2, -0.15) is 0 Å². The molecule has 0 unspecified atom stereocenters. The van der Waals surface area contributed by atoms with Gasteiger partial charge in [-0.15, -0.1) is 4.91 Å². The largest absolute Gasteiger partial charge is 0.461 e. The van der Waals surface area contributed by atoms with Crippen LogP contribution in [0, 0.1) is 10.3 Å². The average Bonchev–Trinajstić information content (AvgIpc) is 2.89. The highest BCUT2D eigenvalue weighted by molar-refractivity contribution is 5.98. The van der Waals surface area contributed by atoms with E-state index in [1.54, 1.807) is 0 Å². The van der Waals surface area contributed by atoms with E-state index in [2.05, 4.69) is 20.2 Å². The van der Waals surface area contributed by atoms with E-state index in [1.807, 2.05) is 0 Å². The number of hydrogen-bond acceptors (Lipinski definition) is 7. The van der Waals surface area contributed by atoms with Crippen molar-refractivity contribution in [3.05, 3.63) is 45.1 Å². The Bertz CT molecular complexity index is 761. The summed E-state index contributed by atoms with van der Waals surface area (Å²) >= 11 is 0. The third-order valence-corrected chi connectivity index (χ3v) is 2.57. The molecule has 2 aromatic heterocycles. The molecule has 10 nitrogen and oxygen atoms in total. The third-order valence-electron chi connectivity index (χ3n) is 2.57. The summed E-state index contributed by atoms with van der Waals surface area (Å²) in [5.41, 5.74) is 8.40. The first-order chi connectivity index (χ1) is 10.2. The van der Waals surface area contributed by atoms with Gasteiger partial charge in [0.15, 0.2) is 17.0 Å². The Hall–Kier alpha value is -3.26. The van der Waals surface area contributed by atoms with Crippen molar-refractivity contribution in [3.8, 4) is 0 Å². The van der Waals surface area contributed by atoms with Gasteiger partial charge in [-0.25, -0.2) is 9.78 Å². The Kier molecular flexibility index (Phi) is 4.22. The van der Waals surface area contributed by atoms with Crippen molar-refractivity contribution in [2.75, 3.05) is 13.2 Å². The lowest BCUT2D eigenvalue weighted by Crippen LogP contribution is -2.12. The second-order valence-electron chi connectivity index (χ2n) is 3.76. The number of esters is 1. The van der Waals surface area contributed by atoms with Crippen LogP contribution in [0.1, 0.15) is 16.2 Å². The summed E-state index contributed by atoms with van der Waals surface area (Å²) < 4.78 is 6.26. The summed E-state index contributed by atoms with van der Waals surface area (Å²) in [6.45, 7) is -0.0980. The minimum Gasteiger partial charge on any atom is -0.461 e. The van der Waals surface area contributed by atoms with Gasteiger partial charge in [0.25, 0.3) is 0 Å². The molecule has 1 N–H and O–H groups in total. The second kappa shape index (κ2) is 6.26. The molecule has 0 fully saturated rings. The molecule has 0 bridgehead atoms.